The fourth-order valence-corrected chi connectivity index (χ4v) is 15.1. The molecule has 0 N–H and O–H groups in total. The number of para-hydroxylation sites is 3. The molecule has 98 heavy (non-hydrogen) atoms. The van der Waals surface area contributed by atoms with Crippen LogP contribution in [0, 0.1) is 0 Å². The van der Waals surface area contributed by atoms with Gasteiger partial charge in [-0.05, 0) is 151 Å². The zero-order chi connectivity index (χ0) is 65.5. The highest BCUT2D eigenvalue weighted by Crippen LogP contribution is 2.59. The van der Waals surface area contributed by atoms with E-state index in [1.54, 1.807) is 0 Å². The van der Waals surface area contributed by atoms with Crippen LogP contribution in [0.2, 0.25) is 0 Å². The molecular weight excluding hydrogens is 1180 g/mol. The summed E-state index contributed by atoms with van der Waals surface area (Å²) in [6.07, 6.45) is 0. The predicted molar refractivity (Wildman–Crippen MR) is 416 cm³/mol. The highest BCUT2D eigenvalue weighted by Gasteiger charge is 2.38. The number of nitrogens with zero attached hydrogens (tertiary/aromatic N) is 3. The van der Waals surface area contributed by atoms with E-state index in [9.17, 15) is 0 Å². The Morgan fingerprint density at radius 2 is 0.490 bits per heavy atom. The Balaban J connectivity index is 1.08. The van der Waals surface area contributed by atoms with Crippen molar-refractivity contribution in [3.63, 3.8) is 0 Å². The molecule has 0 bridgehead atoms. The summed E-state index contributed by atoms with van der Waals surface area (Å²) < 4.78 is 0. The van der Waals surface area contributed by atoms with Gasteiger partial charge >= 0.3 is 0 Å². The van der Waals surface area contributed by atoms with Gasteiger partial charge in [-0.3, -0.25) is 0 Å². The van der Waals surface area contributed by atoms with E-state index in [4.69, 9.17) is 0 Å². The molecule has 0 radical (unpaired) electrons. The first-order valence-electron chi connectivity index (χ1n) is 33.9. The van der Waals surface area contributed by atoms with Gasteiger partial charge in [-0.15, -0.1) is 0 Å². The minimum absolute atomic E-state index is 0.346. The second-order valence-electron chi connectivity index (χ2n) is 25.9. The molecule has 16 aromatic rings. The van der Waals surface area contributed by atoms with Crippen molar-refractivity contribution < 1.29 is 0 Å². The van der Waals surface area contributed by atoms with Crippen molar-refractivity contribution in [3.8, 4) is 77.9 Å². The first kappa shape index (κ1) is 59.2. The van der Waals surface area contributed by atoms with Gasteiger partial charge in [0.15, 0.2) is 0 Å². The molecule has 0 spiro atoms. The fourth-order valence-electron chi connectivity index (χ4n) is 15.1. The number of anilines is 9. The molecule has 1 aliphatic rings. The van der Waals surface area contributed by atoms with Gasteiger partial charge < -0.3 is 14.7 Å². The van der Waals surface area contributed by atoms with E-state index in [0.29, 0.717) is 0 Å². The average Bonchev–Trinajstić information content (AvgIpc) is 1.26. The molecular formula is C95H69N3. The summed E-state index contributed by atoms with van der Waals surface area (Å²) in [5.41, 5.74) is 27.7. The summed E-state index contributed by atoms with van der Waals surface area (Å²) in [5.74, 6) is 0. The molecule has 3 nitrogen and oxygen atoms in total. The Morgan fingerprint density at radius 3 is 0.918 bits per heavy atom. The van der Waals surface area contributed by atoms with Gasteiger partial charge in [-0.25, -0.2) is 0 Å². The van der Waals surface area contributed by atoms with Crippen molar-refractivity contribution in [2.75, 3.05) is 14.7 Å². The van der Waals surface area contributed by atoms with Crippen LogP contribution < -0.4 is 14.7 Å². The van der Waals surface area contributed by atoms with Crippen molar-refractivity contribution in [2.45, 2.75) is 19.3 Å². The Bertz CT molecular complexity index is 5590. The predicted octanol–water partition coefficient (Wildman–Crippen LogP) is 26.7. The van der Waals surface area contributed by atoms with Crippen molar-refractivity contribution in [1.29, 1.82) is 0 Å². The smallest absolute Gasteiger partial charge is 0.0621 e. The number of fused-ring (bicyclic) bond motifs is 5. The first-order valence-corrected chi connectivity index (χ1v) is 33.9. The zero-order valence-corrected chi connectivity index (χ0v) is 54.7. The van der Waals surface area contributed by atoms with Crippen LogP contribution in [0.5, 0.6) is 0 Å². The number of hydrogen-bond acceptors (Lipinski definition) is 3. The van der Waals surface area contributed by atoms with Crippen molar-refractivity contribution in [1.82, 2.24) is 0 Å². The summed E-state index contributed by atoms with van der Waals surface area (Å²) in [4.78, 5) is 7.68. The van der Waals surface area contributed by atoms with Crippen LogP contribution >= 0.6 is 0 Å². The number of benzene rings is 16. The lowest BCUT2D eigenvalue weighted by Gasteiger charge is -2.36. The Morgan fingerprint density at radius 1 is 0.184 bits per heavy atom. The zero-order valence-electron chi connectivity index (χ0n) is 54.7. The summed E-state index contributed by atoms with van der Waals surface area (Å²) in [5, 5.41) is 4.36. The van der Waals surface area contributed by atoms with E-state index in [2.05, 4.69) is 411 Å². The number of hydrogen-bond donors (Lipinski definition) is 0. The summed E-state index contributed by atoms with van der Waals surface area (Å²) >= 11 is 0. The van der Waals surface area contributed by atoms with E-state index >= 15 is 0 Å². The van der Waals surface area contributed by atoms with Crippen molar-refractivity contribution >= 4 is 72.7 Å². The molecule has 0 aliphatic heterocycles. The van der Waals surface area contributed by atoms with Crippen molar-refractivity contribution in [3.05, 3.63) is 393 Å². The normalized spacial score (nSPS) is 12.1. The molecule has 0 saturated heterocycles. The first-order chi connectivity index (χ1) is 48.4. The molecule has 0 aromatic heterocycles. The van der Waals surface area contributed by atoms with Gasteiger partial charge in [0, 0.05) is 66.4 Å². The van der Waals surface area contributed by atoms with Crippen LogP contribution in [0.4, 0.5) is 51.2 Å². The Hall–Kier alpha value is -12.6. The quantitative estimate of drug-likeness (QED) is 0.0748. The van der Waals surface area contributed by atoms with Gasteiger partial charge in [0.1, 0.15) is 0 Å². The molecule has 0 heterocycles. The molecule has 16 aromatic carbocycles. The molecule has 3 heteroatoms. The van der Waals surface area contributed by atoms with E-state index in [-0.39, 0.29) is 5.41 Å². The third-order valence-electron chi connectivity index (χ3n) is 19.8. The van der Waals surface area contributed by atoms with Gasteiger partial charge in [0.05, 0.1) is 28.4 Å². The van der Waals surface area contributed by atoms with Crippen LogP contribution in [0.15, 0.2) is 382 Å². The van der Waals surface area contributed by atoms with E-state index in [1.165, 1.54) is 22.3 Å². The van der Waals surface area contributed by atoms with E-state index < -0.39 is 0 Å². The number of rotatable bonds is 15. The standard InChI is InChI=1S/C95H69N3/c1-95(2)88-54-25-21-53-82(88)84-64-86-87(65-89(84)95)93(97(76-48-30-45-73(61-76)67-34-11-4-12-35-67)91-56-27-23-51-80(91)70-40-17-7-18-41-70)83-59-58-78(96(75-47-29-44-72(60-75)66-32-9-3-10-33-66)90-55-26-22-50-79(90)69-38-15-6-16-39-69)63-85(83)94(86)98(77-49-31-46-74(62-77)68-36-13-5-14-37-68)92-57-28-24-52-81(92)71-42-19-8-20-43-71/h3-65H,1-2H3. The van der Waals surface area contributed by atoms with Gasteiger partial charge in [0.2, 0.25) is 0 Å². The molecule has 0 unspecified atom stereocenters. The maximum Gasteiger partial charge on any atom is 0.0621 e. The topological polar surface area (TPSA) is 9.72 Å². The summed E-state index contributed by atoms with van der Waals surface area (Å²) in [6.45, 7) is 4.82. The minimum Gasteiger partial charge on any atom is -0.310 e. The minimum atomic E-state index is -0.346. The lowest BCUT2D eigenvalue weighted by atomic mass is 9.81. The van der Waals surface area contributed by atoms with Gasteiger partial charge in [0.25, 0.3) is 0 Å². The second kappa shape index (κ2) is 25.3. The van der Waals surface area contributed by atoms with Crippen LogP contribution in [0.1, 0.15) is 25.0 Å². The van der Waals surface area contributed by atoms with Crippen LogP contribution in [0.3, 0.4) is 0 Å². The SMILES string of the molecule is CC1(C)c2ccccc2-c2cc3c(N(c4cccc(-c5ccccc5)c4)c4ccccc4-c4ccccc4)c4cc(N(c5cccc(-c6ccccc6)c5)c5ccccc5-c5ccccc5)ccc4c(N(c4cccc(-c5ccccc5)c4)c4ccccc4-c4ccccc4)c3cc21. The largest absolute Gasteiger partial charge is 0.310 e. The third kappa shape index (κ3) is 10.7. The molecule has 17 rings (SSSR count). The van der Waals surface area contributed by atoms with E-state index in [1.807, 2.05) is 0 Å². The lowest BCUT2D eigenvalue weighted by molar-refractivity contribution is 0.661. The highest BCUT2D eigenvalue weighted by molar-refractivity contribution is 6.26. The Labute approximate surface area is 574 Å². The maximum atomic E-state index is 2.60. The maximum absolute atomic E-state index is 2.60. The monoisotopic (exact) mass is 1250 g/mol. The molecule has 0 atom stereocenters. The average molecular weight is 1250 g/mol. The van der Waals surface area contributed by atoms with Gasteiger partial charge in [-0.1, -0.05) is 317 Å². The molecule has 464 valence electrons. The fraction of sp³-hybridized carbons (Fsp3) is 0.0316. The van der Waals surface area contributed by atoms with Crippen molar-refractivity contribution in [2.24, 2.45) is 0 Å². The van der Waals surface area contributed by atoms with Crippen LogP contribution in [-0.2, 0) is 5.41 Å². The summed E-state index contributed by atoms with van der Waals surface area (Å²) in [6, 6.07) is 141. The summed E-state index contributed by atoms with van der Waals surface area (Å²) in [7, 11) is 0. The molecule has 0 amide bonds. The van der Waals surface area contributed by atoms with Crippen LogP contribution in [-0.4, -0.2) is 0 Å². The van der Waals surface area contributed by atoms with Gasteiger partial charge in [-0.2, -0.15) is 0 Å². The molecule has 0 saturated carbocycles. The lowest BCUT2D eigenvalue weighted by Crippen LogP contribution is -2.18. The highest BCUT2D eigenvalue weighted by atomic mass is 15.2. The van der Waals surface area contributed by atoms with E-state index in [0.717, 1.165) is 139 Å². The third-order valence-corrected chi connectivity index (χ3v) is 19.8. The van der Waals surface area contributed by atoms with Crippen LogP contribution in [0.25, 0.3) is 99.4 Å². The Kier molecular flexibility index (Phi) is 15.3. The molecule has 1 aliphatic carbocycles. The molecule has 0 fully saturated rings. The second-order valence-corrected chi connectivity index (χ2v) is 25.9.